The summed E-state index contributed by atoms with van der Waals surface area (Å²) in [4.78, 5) is 14.3. The molecule has 1 aliphatic heterocycles. The lowest BCUT2D eigenvalue weighted by atomic mass is 10.1. The van der Waals surface area contributed by atoms with Crippen LogP contribution in [0.4, 0.5) is 11.4 Å². The number of aryl methyl sites for hydroxylation is 2. The zero-order valence-corrected chi connectivity index (χ0v) is 21.6. The predicted molar refractivity (Wildman–Crippen MR) is 143 cm³/mol. The Bertz CT molecular complexity index is 1010. The summed E-state index contributed by atoms with van der Waals surface area (Å²) in [6.45, 7) is 8.66. The van der Waals surface area contributed by atoms with Crippen LogP contribution in [0.2, 0.25) is 0 Å². The number of para-hydroxylation sites is 2. The van der Waals surface area contributed by atoms with Crippen molar-refractivity contribution in [3.8, 4) is 0 Å². The van der Waals surface area contributed by atoms with Gasteiger partial charge in [0, 0.05) is 51.1 Å². The molecule has 0 radical (unpaired) electrons. The Labute approximate surface area is 196 Å². The third kappa shape index (κ3) is 5.47. The highest BCUT2D eigenvalue weighted by Crippen LogP contribution is 2.35. The number of anilines is 2. The van der Waals surface area contributed by atoms with Gasteiger partial charge in [0.25, 0.3) is 0 Å². The fourth-order valence-electron chi connectivity index (χ4n) is 4.05. The maximum Gasteiger partial charge on any atom is 0.185 e. The zero-order valence-electron chi connectivity index (χ0n) is 20.0. The molecule has 0 bridgehead atoms. The van der Waals surface area contributed by atoms with Crippen molar-refractivity contribution in [2.24, 2.45) is 9.98 Å². The first-order valence-corrected chi connectivity index (χ1v) is 12.5. The van der Waals surface area contributed by atoms with Crippen molar-refractivity contribution in [2.45, 2.75) is 44.7 Å². The molecular weight excluding hydrogens is 420 g/mol. The average Bonchev–Trinajstić information content (AvgIpc) is 2.97. The maximum atomic E-state index is 4.93. The van der Waals surface area contributed by atoms with Crippen LogP contribution in [0, 0.1) is 13.8 Å². The summed E-state index contributed by atoms with van der Waals surface area (Å²) in [5.41, 5.74) is 7.59. The van der Waals surface area contributed by atoms with Gasteiger partial charge >= 0.3 is 0 Å². The lowest BCUT2D eigenvalue weighted by Gasteiger charge is -2.21. The van der Waals surface area contributed by atoms with E-state index in [9.17, 15) is 0 Å². The van der Waals surface area contributed by atoms with Crippen LogP contribution in [0.1, 0.15) is 36.1 Å². The Morgan fingerprint density at radius 1 is 0.774 bits per heavy atom. The van der Waals surface area contributed by atoms with E-state index >= 15 is 0 Å². The third-order valence-electron chi connectivity index (χ3n) is 5.35. The van der Waals surface area contributed by atoms with Crippen LogP contribution >= 0.6 is 23.5 Å². The highest BCUT2D eigenvalue weighted by molar-refractivity contribution is 8.15. The second-order valence-electron chi connectivity index (χ2n) is 8.90. The van der Waals surface area contributed by atoms with Gasteiger partial charge in [0.1, 0.15) is 10.6 Å². The molecule has 1 heterocycles. The highest BCUT2D eigenvalue weighted by atomic mass is 32.2. The van der Waals surface area contributed by atoms with Crippen molar-refractivity contribution in [1.29, 1.82) is 0 Å². The van der Waals surface area contributed by atoms with Crippen LogP contribution in [0.25, 0.3) is 0 Å². The number of benzene rings is 2. The van der Waals surface area contributed by atoms with E-state index in [1.807, 2.05) is 11.8 Å². The molecule has 2 aromatic rings. The third-order valence-corrected chi connectivity index (χ3v) is 7.57. The maximum absolute atomic E-state index is 4.93. The quantitative estimate of drug-likeness (QED) is 0.524. The van der Waals surface area contributed by atoms with Gasteiger partial charge in [0.2, 0.25) is 0 Å². The number of hydrogen-bond acceptors (Lipinski definition) is 6. The molecule has 4 nitrogen and oxygen atoms in total. The van der Waals surface area contributed by atoms with Gasteiger partial charge in [-0.3, -0.25) is 0 Å². The van der Waals surface area contributed by atoms with E-state index in [0.29, 0.717) is 0 Å². The first-order chi connectivity index (χ1) is 14.6. The standard InChI is InChI=1S/C25H34N4S2/c1-17-11-9-13-19(21(17)28(5)6)15-30-23-25(3,4)27-24(26-23)31-16-20-14-10-12-18(2)22(20)29(7)8/h9-14H,15-16H2,1-8H3. The van der Waals surface area contributed by atoms with Crippen molar-refractivity contribution in [2.75, 3.05) is 38.0 Å². The van der Waals surface area contributed by atoms with Crippen LogP contribution < -0.4 is 9.80 Å². The molecule has 1 aliphatic rings. The topological polar surface area (TPSA) is 31.2 Å². The lowest BCUT2D eigenvalue weighted by Crippen LogP contribution is -2.23. The minimum atomic E-state index is -0.272. The van der Waals surface area contributed by atoms with Crippen molar-refractivity contribution in [1.82, 2.24) is 0 Å². The van der Waals surface area contributed by atoms with Gasteiger partial charge in [-0.2, -0.15) is 0 Å². The molecule has 3 rings (SSSR count). The summed E-state index contributed by atoms with van der Waals surface area (Å²) in [5.74, 6) is 1.77. The average molecular weight is 455 g/mol. The molecule has 0 aliphatic carbocycles. The fraction of sp³-hybridized carbons (Fsp3) is 0.440. The van der Waals surface area contributed by atoms with Gasteiger partial charge < -0.3 is 9.80 Å². The largest absolute Gasteiger partial charge is 0.377 e. The molecule has 0 saturated carbocycles. The SMILES string of the molecule is Cc1cccc(CSC2=NC(C)(C)C(SCc3cccc(C)c3N(C)C)=N2)c1N(C)C. The molecule has 0 unspecified atom stereocenters. The number of nitrogens with zero attached hydrogens (tertiary/aromatic N) is 4. The zero-order chi connectivity index (χ0) is 22.8. The van der Waals surface area contributed by atoms with Crippen molar-refractivity contribution < 1.29 is 0 Å². The summed E-state index contributed by atoms with van der Waals surface area (Å²) < 4.78 is 0. The summed E-state index contributed by atoms with van der Waals surface area (Å²) >= 11 is 3.54. The Hall–Kier alpha value is -1.92. The van der Waals surface area contributed by atoms with Crippen LogP contribution in [-0.2, 0) is 11.5 Å². The monoisotopic (exact) mass is 454 g/mol. The first kappa shape index (κ1) is 23.7. The highest BCUT2D eigenvalue weighted by Gasteiger charge is 2.31. The molecule has 6 heteroatoms. The van der Waals surface area contributed by atoms with E-state index in [-0.39, 0.29) is 5.54 Å². The van der Waals surface area contributed by atoms with E-state index in [1.165, 1.54) is 33.6 Å². The van der Waals surface area contributed by atoms with E-state index in [0.717, 1.165) is 21.7 Å². The Kier molecular flexibility index (Phi) is 7.43. The number of thioether (sulfide) groups is 2. The van der Waals surface area contributed by atoms with Crippen LogP contribution in [-0.4, -0.2) is 43.9 Å². The van der Waals surface area contributed by atoms with Crippen LogP contribution in [0.5, 0.6) is 0 Å². The summed E-state index contributed by atoms with van der Waals surface area (Å²) in [6, 6.07) is 13.0. The van der Waals surface area contributed by atoms with E-state index in [2.05, 4.69) is 102 Å². The molecule has 0 fully saturated rings. The molecule has 2 aromatic carbocycles. The Morgan fingerprint density at radius 3 is 1.74 bits per heavy atom. The molecule has 0 atom stereocenters. The van der Waals surface area contributed by atoms with Crippen LogP contribution in [0.3, 0.4) is 0 Å². The summed E-state index contributed by atoms with van der Waals surface area (Å²) in [5, 5.41) is 1.98. The Balaban J connectivity index is 1.72. The van der Waals surface area contributed by atoms with Gasteiger partial charge in [0.05, 0.1) is 0 Å². The smallest absolute Gasteiger partial charge is 0.185 e. The lowest BCUT2D eigenvalue weighted by molar-refractivity contribution is 0.728. The van der Waals surface area contributed by atoms with Gasteiger partial charge in [-0.1, -0.05) is 48.2 Å². The Morgan fingerprint density at radius 2 is 1.26 bits per heavy atom. The molecule has 0 spiro atoms. The molecule has 0 aromatic heterocycles. The molecule has 31 heavy (non-hydrogen) atoms. The number of amidine groups is 1. The van der Waals surface area contributed by atoms with Gasteiger partial charge in [-0.15, -0.1) is 11.8 Å². The minimum Gasteiger partial charge on any atom is -0.377 e. The van der Waals surface area contributed by atoms with Crippen molar-refractivity contribution in [3.05, 3.63) is 58.7 Å². The normalized spacial score (nSPS) is 15.0. The van der Waals surface area contributed by atoms with E-state index < -0.39 is 0 Å². The molecule has 0 amide bonds. The molecular formula is C25H34N4S2. The summed E-state index contributed by atoms with van der Waals surface area (Å²) in [7, 11) is 8.43. The second-order valence-corrected chi connectivity index (χ2v) is 10.8. The summed E-state index contributed by atoms with van der Waals surface area (Å²) in [6.07, 6.45) is 0. The van der Waals surface area contributed by atoms with E-state index in [1.54, 1.807) is 11.8 Å². The minimum absolute atomic E-state index is 0.272. The van der Waals surface area contributed by atoms with Crippen LogP contribution in [0.15, 0.2) is 46.4 Å². The van der Waals surface area contributed by atoms with Gasteiger partial charge in [-0.05, 0) is 49.9 Å². The van der Waals surface area contributed by atoms with E-state index in [4.69, 9.17) is 9.98 Å². The first-order valence-electron chi connectivity index (χ1n) is 10.6. The number of aliphatic imine (C=N–C) groups is 2. The van der Waals surface area contributed by atoms with Crippen molar-refractivity contribution in [3.63, 3.8) is 0 Å². The van der Waals surface area contributed by atoms with Crippen molar-refractivity contribution >= 4 is 45.1 Å². The molecule has 0 saturated heterocycles. The number of rotatable bonds is 6. The number of hydrogen-bond donors (Lipinski definition) is 0. The fourth-order valence-corrected chi connectivity index (χ4v) is 6.15. The predicted octanol–water partition coefficient (Wildman–Crippen LogP) is 6.15. The second kappa shape index (κ2) is 9.70. The molecule has 166 valence electrons. The van der Waals surface area contributed by atoms with Gasteiger partial charge in [0.15, 0.2) is 5.17 Å². The van der Waals surface area contributed by atoms with Gasteiger partial charge in [-0.25, -0.2) is 9.98 Å². The molecule has 0 N–H and O–H groups in total.